The molecule has 0 saturated heterocycles. The second kappa shape index (κ2) is 7.77. The molecule has 0 spiro atoms. The van der Waals surface area contributed by atoms with Crippen LogP contribution in [0.1, 0.15) is 47.6 Å². The van der Waals surface area contributed by atoms with Gasteiger partial charge in [0.2, 0.25) is 0 Å². The standard InChI is InChI=1S/C20H16ClN7O3/c1-12(18-24-11-25-27(18)17-4-3-16(10-23-17)28(30)31)26-19(29)13-7-14(9-15(21)8-13)20(22-2)5-6-20/h3-4,7-12H,5-6H2,1H3,(H,26,29)/t12-/m1/s1. The summed E-state index contributed by atoms with van der Waals surface area (Å²) in [6.45, 7) is 9.16. The molecule has 0 bridgehead atoms. The molecular weight excluding hydrogens is 422 g/mol. The van der Waals surface area contributed by atoms with Crippen LogP contribution in [0.2, 0.25) is 5.02 Å². The van der Waals surface area contributed by atoms with E-state index in [4.69, 9.17) is 18.2 Å². The van der Waals surface area contributed by atoms with Crippen molar-refractivity contribution in [2.45, 2.75) is 31.3 Å². The molecule has 3 aromatic rings. The van der Waals surface area contributed by atoms with Gasteiger partial charge in [-0.25, -0.2) is 16.5 Å². The van der Waals surface area contributed by atoms with Gasteiger partial charge in [-0.05, 0) is 31.2 Å². The predicted octanol–water partition coefficient (Wildman–Crippen LogP) is 3.62. The number of amides is 1. The molecule has 1 atom stereocenters. The van der Waals surface area contributed by atoms with Crippen molar-refractivity contribution in [3.63, 3.8) is 0 Å². The fraction of sp³-hybridized carbons (Fsp3) is 0.250. The zero-order valence-corrected chi connectivity index (χ0v) is 17.1. The minimum atomic E-state index is -0.576. The van der Waals surface area contributed by atoms with Gasteiger partial charge in [-0.1, -0.05) is 11.6 Å². The molecule has 4 rings (SSSR count). The van der Waals surface area contributed by atoms with E-state index in [1.54, 1.807) is 25.1 Å². The van der Waals surface area contributed by atoms with Crippen LogP contribution in [0.15, 0.2) is 42.9 Å². The van der Waals surface area contributed by atoms with E-state index in [1.165, 1.54) is 23.1 Å². The minimum Gasteiger partial charge on any atom is -0.342 e. The molecule has 1 saturated carbocycles. The maximum absolute atomic E-state index is 12.9. The van der Waals surface area contributed by atoms with E-state index < -0.39 is 16.5 Å². The first-order valence-corrected chi connectivity index (χ1v) is 9.72. The molecule has 0 unspecified atom stereocenters. The SMILES string of the molecule is [C-]#[N+]C1(c2cc(Cl)cc(C(=O)N[C@H](C)c3ncnn3-c3ccc([N+](=O)[O-])cn3)c2)CC1. The van der Waals surface area contributed by atoms with Crippen molar-refractivity contribution in [1.29, 1.82) is 0 Å². The molecule has 31 heavy (non-hydrogen) atoms. The molecule has 0 radical (unpaired) electrons. The maximum atomic E-state index is 12.9. The van der Waals surface area contributed by atoms with Gasteiger partial charge in [0, 0.05) is 35.1 Å². The highest BCUT2D eigenvalue weighted by Crippen LogP contribution is 2.50. The Morgan fingerprint density at radius 2 is 2.13 bits per heavy atom. The van der Waals surface area contributed by atoms with E-state index in [2.05, 4.69) is 25.2 Å². The third-order valence-electron chi connectivity index (χ3n) is 5.10. The van der Waals surface area contributed by atoms with Crippen LogP contribution in [-0.4, -0.2) is 30.6 Å². The van der Waals surface area contributed by atoms with Crippen LogP contribution in [0.5, 0.6) is 0 Å². The first-order chi connectivity index (χ1) is 14.8. The van der Waals surface area contributed by atoms with Crippen molar-refractivity contribution in [3.8, 4) is 5.82 Å². The van der Waals surface area contributed by atoms with Gasteiger partial charge in [-0.15, -0.1) is 0 Å². The highest BCUT2D eigenvalue weighted by atomic mass is 35.5. The summed E-state index contributed by atoms with van der Waals surface area (Å²) in [5.74, 6) is 0.358. The fourth-order valence-electron chi connectivity index (χ4n) is 3.25. The summed E-state index contributed by atoms with van der Waals surface area (Å²) in [5, 5.41) is 18.2. The zero-order valence-electron chi connectivity index (χ0n) is 16.3. The lowest BCUT2D eigenvalue weighted by Crippen LogP contribution is -2.29. The Morgan fingerprint density at radius 1 is 1.35 bits per heavy atom. The number of carbonyl (C=O) groups excluding carboxylic acids is 1. The summed E-state index contributed by atoms with van der Waals surface area (Å²) in [5.41, 5.74) is 0.374. The number of hydrogen-bond acceptors (Lipinski definition) is 6. The Bertz CT molecular complexity index is 1210. The van der Waals surface area contributed by atoms with Crippen molar-refractivity contribution in [3.05, 3.63) is 86.4 Å². The van der Waals surface area contributed by atoms with Gasteiger partial charge in [-0.2, -0.15) is 9.78 Å². The zero-order chi connectivity index (χ0) is 22.2. The third-order valence-corrected chi connectivity index (χ3v) is 5.32. The number of nitrogens with zero attached hydrogens (tertiary/aromatic N) is 6. The quantitative estimate of drug-likeness (QED) is 0.357. The lowest BCUT2D eigenvalue weighted by Gasteiger charge is -2.15. The van der Waals surface area contributed by atoms with E-state index >= 15 is 0 Å². The van der Waals surface area contributed by atoms with Gasteiger partial charge in [-0.3, -0.25) is 14.9 Å². The Morgan fingerprint density at radius 3 is 2.74 bits per heavy atom. The number of pyridine rings is 1. The van der Waals surface area contributed by atoms with Gasteiger partial charge < -0.3 is 10.2 Å². The van der Waals surface area contributed by atoms with Crippen LogP contribution in [0.25, 0.3) is 10.7 Å². The molecule has 11 heteroatoms. The van der Waals surface area contributed by atoms with Gasteiger partial charge in [0.05, 0.1) is 11.0 Å². The van der Waals surface area contributed by atoms with Crippen LogP contribution in [-0.2, 0) is 5.54 Å². The summed E-state index contributed by atoms with van der Waals surface area (Å²) >= 11 is 6.20. The maximum Gasteiger partial charge on any atom is 0.287 e. The van der Waals surface area contributed by atoms with Crippen LogP contribution in [0.3, 0.4) is 0 Å². The van der Waals surface area contributed by atoms with E-state index in [1.807, 2.05) is 0 Å². The highest BCUT2D eigenvalue weighted by Gasteiger charge is 2.52. The average molecular weight is 438 g/mol. The van der Waals surface area contributed by atoms with Crippen molar-refractivity contribution in [1.82, 2.24) is 25.1 Å². The topological polar surface area (TPSA) is 120 Å². The van der Waals surface area contributed by atoms with Crippen molar-refractivity contribution >= 4 is 23.2 Å². The first-order valence-electron chi connectivity index (χ1n) is 9.34. The molecule has 1 N–H and O–H groups in total. The monoisotopic (exact) mass is 437 g/mol. The number of halogens is 1. The Labute approximate surface area is 181 Å². The van der Waals surface area contributed by atoms with E-state index in [-0.39, 0.29) is 11.6 Å². The number of hydrogen-bond donors (Lipinski definition) is 1. The van der Waals surface area contributed by atoms with Gasteiger partial charge in [0.15, 0.2) is 11.6 Å². The summed E-state index contributed by atoms with van der Waals surface area (Å²) < 4.78 is 1.40. The summed E-state index contributed by atoms with van der Waals surface area (Å²) in [4.78, 5) is 35.1. The molecule has 1 aromatic carbocycles. The molecular formula is C20H16ClN7O3. The largest absolute Gasteiger partial charge is 0.342 e. The number of aromatic nitrogens is 4. The summed E-state index contributed by atoms with van der Waals surface area (Å²) in [6, 6.07) is 7.19. The minimum absolute atomic E-state index is 0.142. The molecule has 156 valence electrons. The fourth-order valence-corrected chi connectivity index (χ4v) is 3.49. The number of carbonyl (C=O) groups is 1. The van der Waals surface area contributed by atoms with Gasteiger partial charge >= 0.3 is 0 Å². The molecule has 2 aromatic heterocycles. The molecule has 1 amide bonds. The second-order valence-electron chi connectivity index (χ2n) is 7.23. The Kier molecular flexibility index (Phi) is 5.12. The molecule has 0 aliphatic heterocycles. The van der Waals surface area contributed by atoms with Crippen molar-refractivity contribution in [2.75, 3.05) is 0 Å². The van der Waals surface area contributed by atoms with Crippen molar-refractivity contribution in [2.24, 2.45) is 0 Å². The Balaban J connectivity index is 1.55. The van der Waals surface area contributed by atoms with E-state index in [9.17, 15) is 14.9 Å². The second-order valence-corrected chi connectivity index (χ2v) is 7.67. The average Bonchev–Trinajstić information content (AvgIpc) is 3.41. The number of nitrogens with one attached hydrogen (secondary N) is 1. The normalized spacial score (nSPS) is 15.0. The van der Waals surface area contributed by atoms with Crippen LogP contribution in [0, 0.1) is 16.7 Å². The molecule has 1 fully saturated rings. The lowest BCUT2D eigenvalue weighted by molar-refractivity contribution is -0.385. The number of nitro groups is 1. The number of rotatable bonds is 6. The van der Waals surface area contributed by atoms with Crippen LogP contribution >= 0.6 is 11.6 Å². The first kappa shape index (κ1) is 20.4. The molecule has 1 aliphatic rings. The van der Waals surface area contributed by atoms with Crippen LogP contribution in [0.4, 0.5) is 5.69 Å². The summed E-state index contributed by atoms with van der Waals surface area (Å²) in [6.07, 6.45) is 3.94. The molecule has 10 nitrogen and oxygen atoms in total. The lowest BCUT2D eigenvalue weighted by atomic mass is 10.0. The third kappa shape index (κ3) is 3.95. The van der Waals surface area contributed by atoms with E-state index in [0.717, 1.165) is 24.6 Å². The molecule has 2 heterocycles. The number of benzene rings is 1. The van der Waals surface area contributed by atoms with Gasteiger partial charge in [0.1, 0.15) is 12.5 Å². The molecule has 1 aliphatic carbocycles. The smallest absolute Gasteiger partial charge is 0.287 e. The summed E-state index contributed by atoms with van der Waals surface area (Å²) in [7, 11) is 0. The van der Waals surface area contributed by atoms with E-state index in [0.29, 0.717) is 22.2 Å². The Hall–Kier alpha value is -3.84. The highest BCUT2D eigenvalue weighted by molar-refractivity contribution is 6.31. The van der Waals surface area contributed by atoms with Gasteiger partial charge in [0.25, 0.3) is 17.1 Å². The van der Waals surface area contributed by atoms with Crippen molar-refractivity contribution < 1.29 is 9.72 Å². The predicted molar refractivity (Wildman–Crippen MR) is 111 cm³/mol. The van der Waals surface area contributed by atoms with Crippen LogP contribution < -0.4 is 5.32 Å².